The molecule has 0 saturated heterocycles. The number of hydrogen-bond donors (Lipinski definition) is 2. The minimum atomic E-state index is -1.05. The Hall–Kier alpha value is -2.08. The molecule has 0 radical (unpaired) electrons. The number of para-hydroxylation sites is 1. The minimum Gasteiger partial charge on any atom is -0.480 e. The average molecular weight is 292 g/mol. The lowest BCUT2D eigenvalue weighted by atomic mass is 10.0. The number of carboxylic acids is 1. The summed E-state index contributed by atoms with van der Waals surface area (Å²) >= 11 is 0. The van der Waals surface area contributed by atoms with E-state index < -0.39 is 12.0 Å². The Labute approximate surface area is 123 Å². The van der Waals surface area contributed by atoms with Crippen LogP contribution in [0.4, 0.5) is 10.5 Å². The van der Waals surface area contributed by atoms with Gasteiger partial charge in [0, 0.05) is 32.4 Å². The number of carbonyl (C=O) groups excluding carboxylic acids is 1. The first kappa shape index (κ1) is 15.3. The van der Waals surface area contributed by atoms with Crippen molar-refractivity contribution < 1.29 is 19.4 Å². The number of anilines is 1. The van der Waals surface area contributed by atoms with Crippen LogP contribution in [0.1, 0.15) is 18.4 Å². The number of nitrogens with one attached hydrogen (secondary N) is 1. The highest BCUT2D eigenvalue weighted by atomic mass is 16.5. The van der Waals surface area contributed by atoms with Crippen molar-refractivity contribution in [1.82, 2.24) is 5.32 Å². The smallest absolute Gasteiger partial charge is 0.326 e. The van der Waals surface area contributed by atoms with Crippen LogP contribution in [0, 0.1) is 0 Å². The second-order valence-corrected chi connectivity index (χ2v) is 5.01. The van der Waals surface area contributed by atoms with Crippen molar-refractivity contribution >= 4 is 17.7 Å². The molecule has 0 aliphatic carbocycles. The van der Waals surface area contributed by atoms with Gasteiger partial charge in [0.15, 0.2) is 0 Å². The maximum absolute atomic E-state index is 12.3. The molecule has 1 aliphatic heterocycles. The van der Waals surface area contributed by atoms with E-state index >= 15 is 0 Å². The van der Waals surface area contributed by atoms with Crippen LogP contribution in [0.3, 0.4) is 0 Å². The maximum Gasteiger partial charge on any atom is 0.326 e. The molecule has 21 heavy (non-hydrogen) atoms. The number of fused-ring (bicyclic) bond motifs is 1. The number of hydrogen-bond acceptors (Lipinski definition) is 3. The fourth-order valence-corrected chi connectivity index (χ4v) is 2.46. The lowest BCUT2D eigenvalue weighted by molar-refractivity contribution is -0.139. The highest BCUT2D eigenvalue weighted by Gasteiger charge is 2.26. The molecule has 6 nitrogen and oxygen atoms in total. The summed E-state index contributed by atoms with van der Waals surface area (Å²) in [6.45, 7) is 0.882. The first-order chi connectivity index (χ1) is 10.1. The number of aliphatic carboxylic acids is 1. The predicted octanol–water partition coefficient (Wildman–Crippen LogP) is 1.64. The normalized spacial score (nSPS) is 15.2. The molecule has 0 fully saturated rings. The molecule has 0 saturated carbocycles. The van der Waals surface area contributed by atoms with Crippen molar-refractivity contribution in [2.75, 3.05) is 25.2 Å². The van der Waals surface area contributed by atoms with Gasteiger partial charge >= 0.3 is 12.0 Å². The van der Waals surface area contributed by atoms with Crippen LogP contribution in [0.25, 0.3) is 0 Å². The van der Waals surface area contributed by atoms with Crippen LogP contribution in [0.15, 0.2) is 24.3 Å². The summed E-state index contributed by atoms with van der Waals surface area (Å²) in [5.74, 6) is -1.05. The van der Waals surface area contributed by atoms with Crippen molar-refractivity contribution in [3.8, 4) is 0 Å². The Morgan fingerprint density at radius 1 is 1.43 bits per heavy atom. The molecule has 2 amide bonds. The maximum atomic E-state index is 12.3. The third kappa shape index (κ3) is 3.72. The Morgan fingerprint density at radius 3 is 2.90 bits per heavy atom. The van der Waals surface area contributed by atoms with E-state index in [1.807, 2.05) is 24.3 Å². The van der Waals surface area contributed by atoms with E-state index in [2.05, 4.69) is 5.32 Å². The molecule has 114 valence electrons. The van der Waals surface area contributed by atoms with Gasteiger partial charge in [0.2, 0.25) is 0 Å². The Balaban J connectivity index is 2.08. The number of carboxylic acid groups (broad SMARTS) is 1. The summed E-state index contributed by atoms with van der Waals surface area (Å²) in [5.41, 5.74) is 1.97. The van der Waals surface area contributed by atoms with E-state index in [-0.39, 0.29) is 19.1 Å². The van der Waals surface area contributed by atoms with Crippen molar-refractivity contribution in [3.63, 3.8) is 0 Å². The van der Waals surface area contributed by atoms with Gasteiger partial charge in [0.05, 0.1) is 0 Å². The summed E-state index contributed by atoms with van der Waals surface area (Å²) in [7, 11) is 1.50. The van der Waals surface area contributed by atoms with E-state index in [4.69, 9.17) is 9.84 Å². The number of aryl methyl sites for hydroxylation is 1. The monoisotopic (exact) mass is 292 g/mol. The topological polar surface area (TPSA) is 78.9 Å². The van der Waals surface area contributed by atoms with E-state index in [0.29, 0.717) is 6.54 Å². The van der Waals surface area contributed by atoms with E-state index in [1.54, 1.807) is 4.90 Å². The first-order valence-electron chi connectivity index (χ1n) is 7.01. The van der Waals surface area contributed by atoms with Crippen LogP contribution >= 0.6 is 0 Å². The third-order valence-corrected chi connectivity index (χ3v) is 3.56. The minimum absolute atomic E-state index is 0.243. The Bertz CT molecular complexity index is 518. The molecular formula is C15H20N2O4. The van der Waals surface area contributed by atoms with Gasteiger partial charge in [-0.3, -0.25) is 4.90 Å². The summed E-state index contributed by atoms with van der Waals surface area (Å²) in [6, 6.07) is 6.40. The number of ether oxygens (including phenoxy) is 1. The molecule has 1 aromatic carbocycles. The standard InChI is InChI=1S/C15H20N2O4/c1-21-10-8-12(14(18)19)16-15(20)17-9-4-6-11-5-2-3-7-13(11)17/h2-3,5,7,12H,4,6,8-10H2,1H3,(H,16,20)(H,18,19). The largest absolute Gasteiger partial charge is 0.480 e. The lowest BCUT2D eigenvalue weighted by Gasteiger charge is -2.30. The van der Waals surface area contributed by atoms with Gasteiger partial charge in [-0.05, 0) is 24.5 Å². The van der Waals surface area contributed by atoms with E-state index in [0.717, 1.165) is 24.1 Å². The number of urea groups is 1. The summed E-state index contributed by atoms with van der Waals surface area (Å²) in [4.78, 5) is 25.1. The zero-order chi connectivity index (χ0) is 15.2. The molecule has 1 aromatic rings. The number of amides is 2. The third-order valence-electron chi connectivity index (χ3n) is 3.56. The van der Waals surface area contributed by atoms with Crippen molar-refractivity contribution in [3.05, 3.63) is 29.8 Å². The molecule has 2 rings (SSSR count). The van der Waals surface area contributed by atoms with Gasteiger partial charge in [-0.15, -0.1) is 0 Å². The predicted molar refractivity (Wildman–Crippen MR) is 78.6 cm³/mol. The molecular weight excluding hydrogens is 272 g/mol. The van der Waals surface area contributed by atoms with Gasteiger partial charge < -0.3 is 15.2 Å². The molecule has 6 heteroatoms. The first-order valence-corrected chi connectivity index (χ1v) is 7.01. The molecule has 1 atom stereocenters. The van der Waals surface area contributed by atoms with Gasteiger partial charge in [0.25, 0.3) is 0 Å². The van der Waals surface area contributed by atoms with Gasteiger partial charge in [-0.1, -0.05) is 18.2 Å². The van der Waals surface area contributed by atoms with Crippen molar-refractivity contribution in [1.29, 1.82) is 0 Å². The summed E-state index contributed by atoms with van der Waals surface area (Å²) in [5, 5.41) is 11.7. The van der Waals surface area contributed by atoms with Crippen molar-refractivity contribution in [2.24, 2.45) is 0 Å². The number of rotatable bonds is 5. The molecule has 2 N–H and O–H groups in total. The van der Waals surface area contributed by atoms with Crippen LogP contribution in [-0.2, 0) is 16.0 Å². The zero-order valence-electron chi connectivity index (χ0n) is 12.0. The SMILES string of the molecule is COCCC(NC(=O)N1CCCc2ccccc21)C(=O)O. The fraction of sp³-hybridized carbons (Fsp3) is 0.467. The Morgan fingerprint density at radius 2 is 2.19 bits per heavy atom. The second kappa shape index (κ2) is 7.08. The summed E-state index contributed by atoms with van der Waals surface area (Å²) in [6.07, 6.45) is 2.05. The number of carbonyl (C=O) groups is 2. The molecule has 0 spiro atoms. The highest BCUT2D eigenvalue weighted by molar-refractivity contribution is 5.95. The van der Waals surface area contributed by atoms with Crippen LogP contribution < -0.4 is 10.2 Å². The second-order valence-electron chi connectivity index (χ2n) is 5.01. The van der Waals surface area contributed by atoms with Gasteiger partial charge in [-0.25, -0.2) is 9.59 Å². The quantitative estimate of drug-likeness (QED) is 0.864. The lowest BCUT2D eigenvalue weighted by Crippen LogP contribution is -2.49. The summed E-state index contributed by atoms with van der Waals surface area (Å²) < 4.78 is 4.88. The number of nitrogens with zero attached hydrogens (tertiary/aromatic N) is 1. The highest BCUT2D eigenvalue weighted by Crippen LogP contribution is 2.26. The van der Waals surface area contributed by atoms with E-state index in [9.17, 15) is 9.59 Å². The zero-order valence-corrected chi connectivity index (χ0v) is 12.0. The molecule has 1 unspecified atom stereocenters. The molecule has 0 bridgehead atoms. The number of benzene rings is 1. The fourth-order valence-electron chi connectivity index (χ4n) is 2.46. The average Bonchev–Trinajstić information content (AvgIpc) is 2.50. The van der Waals surface area contributed by atoms with Crippen LogP contribution in [-0.4, -0.2) is 43.4 Å². The molecule has 1 heterocycles. The van der Waals surface area contributed by atoms with Gasteiger partial charge in [-0.2, -0.15) is 0 Å². The number of methoxy groups -OCH3 is 1. The van der Waals surface area contributed by atoms with Crippen LogP contribution in [0.5, 0.6) is 0 Å². The molecule has 0 aromatic heterocycles. The van der Waals surface area contributed by atoms with Gasteiger partial charge in [0.1, 0.15) is 6.04 Å². The molecule has 1 aliphatic rings. The van der Waals surface area contributed by atoms with Crippen LogP contribution in [0.2, 0.25) is 0 Å². The van der Waals surface area contributed by atoms with E-state index in [1.165, 1.54) is 7.11 Å². The van der Waals surface area contributed by atoms with Crippen molar-refractivity contribution in [2.45, 2.75) is 25.3 Å². The Kier molecular flexibility index (Phi) is 5.16.